The van der Waals surface area contributed by atoms with Crippen LogP contribution in [0.2, 0.25) is 5.15 Å². The molecule has 5 rings (SSSR count). The fourth-order valence-electron chi connectivity index (χ4n) is 5.39. The number of fused-ring (bicyclic) bond motifs is 1. The maximum Gasteiger partial charge on any atom is 0.270 e. The monoisotopic (exact) mass is 461 g/mol. The molecule has 170 valence electrons. The number of nitrogens with zero attached hydrogens (tertiary/aromatic N) is 5. The lowest BCUT2D eigenvalue weighted by Crippen LogP contribution is -2.44. The van der Waals surface area contributed by atoms with Gasteiger partial charge in [0.2, 0.25) is 0 Å². The van der Waals surface area contributed by atoms with Crippen molar-refractivity contribution >= 4 is 34.0 Å². The first-order chi connectivity index (χ1) is 16.0. The summed E-state index contributed by atoms with van der Waals surface area (Å²) >= 11 is 6.21. The Bertz CT molecular complexity index is 1270. The summed E-state index contributed by atoms with van der Waals surface area (Å²) in [7, 11) is 3.66. The van der Waals surface area contributed by atoms with Crippen LogP contribution in [0.1, 0.15) is 44.1 Å². The molecule has 1 aromatic carbocycles. The van der Waals surface area contributed by atoms with Crippen LogP contribution < -0.4 is 15.4 Å². The fraction of sp³-hybridized carbons (Fsp3) is 0.423. The van der Waals surface area contributed by atoms with Gasteiger partial charge in [-0.2, -0.15) is 5.26 Å². The van der Waals surface area contributed by atoms with Gasteiger partial charge in [-0.25, -0.2) is 4.98 Å². The molecule has 0 bridgehead atoms. The van der Waals surface area contributed by atoms with Crippen LogP contribution in [0.25, 0.3) is 11.0 Å². The fourth-order valence-corrected chi connectivity index (χ4v) is 5.54. The Kier molecular flexibility index (Phi) is 5.76. The molecule has 3 aromatic rings. The molecular weight excluding hydrogens is 434 g/mol. The number of nitriles is 1. The normalized spacial score (nSPS) is 20.4. The zero-order chi connectivity index (χ0) is 23.1. The first-order valence-electron chi connectivity index (χ1n) is 11.6. The molecule has 0 spiro atoms. The Morgan fingerprint density at radius 3 is 2.21 bits per heavy atom. The predicted molar refractivity (Wildman–Crippen MR) is 133 cm³/mol. The van der Waals surface area contributed by atoms with Crippen molar-refractivity contribution in [2.75, 3.05) is 16.8 Å². The number of hydrogen-bond acceptors (Lipinski definition) is 5. The average molecular weight is 462 g/mol. The summed E-state index contributed by atoms with van der Waals surface area (Å²) < 4.78 is 1.48. The van der Waals surface area contributed by atoms with Gasteiger partial charge < -0.3 is 14.4 Å². The largest absolute Gasteiger partial charge is 0.369 e. The number of benzene rings is 1. The summed E-state index contributed by atoms with van der Waals surface area (Å²) in [5.41, 5.74) is 3.04. The smallest absolute Gasteiger partial charge is 0.270 e. The molecule has 0 radical (unpaired) electrons. The van der Waals surface area contributed by atoms with Gasteiger partial charge in [-0.3, -0.25) is 4.79 Å². The molecule has 0 aliphatic heterocycles. The molecule has 0 atom stereocenters. The van der Waals surface area contributed by atoms with Gasteiger partial charge in [0.05, 0.1) is 11.2 Å². The lowest BCUT2D eigenvalue weighted by atomic mass is 9.88. The molecule has 7 heteroatoms. The third-order valence-corrected chi connectivity index (χ3v) is 7.46. The molecule has 0 saturated heterocycles. The van der Waals surface area contributed by atoms with E-state index in [9.17, 15) is 10.1 Å². The first kappa shape index (κ1) is 21.8. The molecule has 0 N–H and O–H groups in total. The van der Waals surface area contributed by atoms with Crippen molar-refractivity contribution in [1.82, 2.24) is 9.55 Å². The zero-order valence-electron chi connectivity index (χ0n) is 19.0. The van der Waals surface area contributed by atoms with Crippen molar-refractivity contribution < 1.29 is 0 Å². The van der Waals surface area contributed by atoms with Gasteiger partial charge in [-0.15, -0.1) is 0 Å². The lowest BCUT2D eigenvalue weighted by Gasteiger charge is -2.42. The van der Waals surface area contributed by atoms with E-state index in [-0.39, 0.29) is 17.2 Å². The third kappa shape index (κ3) is 3.95. The average Bonchev–Trinajstić information content (AvgIpc) is 3.67. The molecule has 6 nitrogen and oxygen atoms in total. The van der Waals surface area contributed by atoms with E-state index in [1.165, 1.54) is 23.1 Å². The minimum absolute atomic E-state index is 0.133. The summed E-state index contributed by atoms with van der Waals surface area (Å²) in [5, 5.41) is 10.2. The highest BCUT2D eigenvalue weighted by Crippen LogP contribution is 2.39. The van der Waals surface area contributed by atoms with Gasteiger partial charge in [0.15, 0.2) is 0 Å². The van der Waals surface area contributed by atoms with Crippen LogP contribution in [-0.4, -0.2) is 34.7 Å². The van der Waals surface area contributed by atoms with Crippen LogP contribution in [0.3, 0.4) is 0 Å². The molecule has 2 aromatic heterocycles. The van der Waals surface area contributed by atoms with Gasteiger partial charge in [-0.1, -0.05) is 29.8 Å². The maximum atomic E-state index is 12.9. The number of aromatic nitrogens is 2. The Labute approximate surface area is 199 Å². The number of para-hydroxylation sites is 1. The maximum absolute atomic E-state index is 12.9. The summed E-state index contributed by atoms with van der Waals surface area (Å²) in [6.07, 6.45) is 6.70. The van der Waals surface area contributed by atoms with Crippen molar-refractivity contribution in [2.24, 2.45) is 7.05 Å². The van der Waals surface area contributed by atoms with E-state index >= 15 is 0 Å². The molecule has 0 unspecified atom stereocenters. The Morgan fingerprint density at radius 2 is 1.61 bits per heavy atom. The Hall–Kier alpha value is -3.04. The second-order valence-corrected chi connectivity index (χ2v) is 9.64. The number of halogens is 1. The molecule has 2 saturated carbocycles. The molecule has 2 aliphatic carbocycles. The summed E-state index contributed by atoms with van der Waals surface area (Å²) in [5.74, 6) is 0. The quantitative estimate of drug-likeness (QED) is 0.507. The standard InChI is InChI=1S/C26H28ClN5O/c1-30(25-21(16-28)26(33)31(2)22-14-15-23(27)29-24(22)25)17-8-10-19(11-9-17)32(20-12-13-20)18-6-4-3-5-7-18/h3-7,14-15,17,19-20H,8-13H2,1-2H3. The van der Waals surface area contributed by atoms with E-state index in [1.54, 1.807) is 19.2 Å². The highest BCUT2D eigenvalue weighted by molar-refractivity contribution is 6.29. The highest BCUT2D eigenvalue weighted by atomic mass is 35.5. The molecule has 2 fully saturated rings. The summed E-state index contributed by atoms with van der Waals surface area (Å²) in [4.78, 5) is 22.2. The topological polar surface area (TPSA) is 65.2 Å². The molecule has 33 heavy (non-hydrogen) atoms. The van der Waals surface area contributed by atoms with Crippen LogP contribution in [-0.2, 0) is 7.05 Å². The number of hydrogen-bond donors (Lipinski definition) is 0. The molecule has 2 heterocycles. The third-order valence-electron chi connectivity index (χ3n) is 7.25. The first-order valence-corrected chi connectivity index (χ1v) is 12.0. The Morgan fingerprint density at radius 1 is 1.00 bits per heavy atom. The van der Waals surface area contributed by atoms with Crippen LogP contribution in [0.4, 0.5) is 11.4 Å². The predicted octanol–water partition coefficient (Wildman–Crippen LogP) is 4.87. The lowest BCUT2D eigenvalue weighted by molar-refractivity contribution is 0.366. The van der Waals surface area contributed by atoms with Crippen LogP contribution in [0.15, 0.2) is 47.3 Å². The van der Waals surface area contributed by atoms with Crippen LogP contribution in [0, 0.1) is 11.3 Å². The van der Waals surface area contributed by atoms with E-state index in [2.05, 4.69) is 51.2 Å². The van der Waals surface area contributed by atoms with Gasteiger partial charge in [-0.05, 0) is 62.8 Å². The summed E-state index contributed by atoms with van der Waals surface area (Å²) in [6, 6.07) is 17.8. The second kappa shape index (κ2) is 8.72. The zero-order valence-corrected chi connectivity index (χ0v) is 19.8. The molecule has 0 amide bonds. The van der Waals surface area contributed by atoms with Crippen molar-refractivity contribution in [3.05, 3.63) is 63.5 Å². The van der Waals surface area contributed by atoms with Crippen LogP contribution >= 0.6 is 11.6 Å². The molecular formula is C26H28ClN5O. The SMILES string of the molecule is CN(c1c(C#N)c(=O)n(C)c2ccc(Cl)nc12)C1CCC(N(c2ccccc2)C2CC2)CC1. The van der Waals surface area contributed by atoms with Gasteiger partial charge >= 0.3 is 0 Å². The Balaban J connectivity index is 1.43. The van der Waals surface area contributed by atoms with Gasteiger partial charge in [0.25, 0.3) is 5.56 Å². The number of rotatable bonds is 5. The van der Waals surface area contributed by atoms with Gasteiger partial charge in [0.1, 0.15) is 22.3 Å². The van der Waals surface area contributed by atoms with Crippen molar-refractivity contribution in [3.63, 3.8) is 0 Å². The number of aryl methyl sites for hydroxylation is 1. The van der Waals surface area contributed by atoms with Crippen LogP contribution in [0.5, 0.6) is 0 Å². The molecule has 2 aliphatic rings. The van der Waals surface area contributed by atoms with E-state index < -0.39 is 0 Å². The second-order valence-electron chi connectivity index (χ2n) is 9.25. The van der Waals surface area contributed by atoms with E-state index in [0.717, 1.165) is 25.7 Å². The highest BCUT2D eigenvalue weighted by Gasteiger charge is 2.37. The van der Waals surface area contributed by atoms with Crippen molar-refractivity contribution in [1.29, 1.82) is 5.26 Å². The van der Waals surface area contributed by atoms with E-state index in [1.807, 2.05) is 7.05 Å². The van der Waals surface area contributed by atoms with E-state index in [4.69, 9.17) is 11.6 Å². The van der Waals surface area contributed by atoms with Gasteiger partial charge in [0, 0.05) is 37.9 Å². The van der Waals surface area contributed by atoms with Crippen molar-refractivity contribution in [3.8, 4) is 6.07 Å². The summed E-state index contributed by atoms with van der Waals surface area (Å²) in [6.45, 7) is 0. The minimum Gasteiger partial charge on any atom is -0.369 e. The van der Waals surface area contributed by atoms with E-state index in [0.29, 0.717) is 34.0 Å². The number of anilines is 2. The number of pyridine rings is 2. The minimum atomic E-state index is -0.298. The van der Waals surface area contributed by atoms with Crippen molar-refractivity contribution in [2.45, 2.75) is 56.7 Å².